The average Bonchev–Trinajstić information content (AvgIpc) is 3.09. The molecule has 3 heterocycles. The first kappa shape index (κ1) is 17.4. The van der Waals surface area contributed by atoms with Gasteiger partial charge < -0.3 is 29.4 Å². The molecule has 3 aromatic rings. The minimum absolute atomic E-state index is 0.678. The van der Waals surface area contributed by atoms with Crippen LogP contribution in [0, 0.1) is 6.92 Å². The van der Waals surface area contributed by atoms with Gasteiger partial charge in [0.05, 0.1) is 38.5 Å². The number of H-pyrrole nitrogens is 1. The quantitative estimate of drug-likeness (QED) is 0.715. The first-order valence-electron chi connectivity index (χ1n) is 8.87. The number of aromatic nitrogens is 3. The van der Waals surface area contributed by atoms with Crippen LogP contribution < -0.4 is 19.7 Å². The number of morpholine rings is 1. The Bertz CT molecular complexity index is 950. The number of anilines is 3. The Morgan fingerprint density at radius 2 is 1.93 bits per heavy atom. The molecule has 8 nitrogen and oxygen atoms in total. The molecule has 1 aliphatic rings. The molecule has 0 spiro atoms. The molecule has 0 saturated carbocycles. The number of hydrogen-bond donors (Lipinski definition) is 2. The van der Waals surface area contributed by atoms with Crippen molar-refractivity contribution in [1.82, 2.24) is 15.0 Å². The number of aryl methyl sites for hydroxylation is 1. The van der Waals surface area contributed by atoms with Gasteiger partial charge in [0.2, 0.25) is 5.95 Å². The summed E-state index contributed by atoms with van der Waals surface area (Å²) in [6.07, 6.45) is 0. The maximum atomic E-state index is 5.48. The summed E-state index contributed by atoms with van der Waals surface area (Å²) in [5.74, 6) is 2.85. The Hall–Kier alpha value is -3.00. The smallest absolute Gasteiger partial charge is 0.229 e. The molecule has 0 bridgehead atoms. The maximum absolute atomic E-state index is 5.48. The predicted octanol–water partition coefficient (Wildman–Crippen LogP) is 2.86. The Morgan fingerprint density at radius 1 is 1.11 bits per heavy atom. The average molecular weight is 369 g/mol. The molecular formula is C19H23N5O3. The Balaban J connectivity index is 1.78. The van der Waals surface area contributed by atoms with Crippen molar-refractivity contribution in [3.05, 3.63) is 30.0 Å². The largest absolute Gasteiger partial charge is 0.497 e. The van der Waals surface area contributed by atoms with Crippen molar-refractivity contribution in [2.24, 2.45) is 0 Å². The molecule has 1 aliphatic heterocycles. The summed E-state index contributed by atoms with van der Waals surface area (Å²) in [5.41, 5.74) is 2.61. The number of nitrogens with one attached hydrogen (secondary N) is 2. The summed E-state index contributed by atoms with van der Waals surface area (Å²) in [4.78, 5) is 14.9. The third kappa shape index (κ3) is 3.48. The molecule has 0 unspecified atom stereocenters. The molecule has 0 aliphatic carbocycles. The second-order valence-corrected chi connectivity index (χ2v) is 6.38. The van der Waals surface area contributed by atoms with Gasteiger partial charge in [0, 0.05) is 24.8 Å². The molecule has 27 heavy (non-hydrogen) atoms. The van der Waals surface area contributed by atoms with Crippen molar-refractivity contribution in [2.75, 3.05) is 50.7 Å². The van der Waals surface area contributed by atoms with Crippen LogP contribution in [0.4, 0.5) is 17.5 Å². The lowest BCUT2D eigenvalue weighted by Crippen LogP contribution is -2.37. The molecule has 8 heteroatoms. The number of methoxy groups -OCH3 is 2. The first-order chi connectivity index (χ1) is 13.2. The Labute approximate surface area is 157 Å². The molecule has 0 atom stereocenters. The number of rotatable bonds is 5. The number of nitrogens with zero attached hydrogens (tertiary/aromatic N) is 3. The van der Waals surface area contributed by atoms with Crippen LogP contribution in [0.15, 0.2) is 24.3 Å². The summed E-state index contributed by atoms with van der Waals surface area (Å²) < 4.78 is 16.3. The van der Waals surface area contributed by atoms with E-state index in [2.05, 4.69) is 15.2 Å². The minimum Gasteiger partial charge on any atom is -0.497 e. The van der Waals surface area contributed by atoms with Gasteiger partial charge in [-0.15, -0.1) is 0 Å². The summed E-state index contributed by atoms with van der Waals surface area (Å²) in [7, 11) is 3.28. The monoisotopic (exact) mass is 369 g/mol. The summed E-state index contributed by atoms with van der Waals surface area (Å²) in [5, 5.41) is 4.33. The fourth-order valence-corrected chi connectivity index (χ4v) is 3.17. The van der Waals surface area contributed by atoms with Gasteiger partial charge >= 0.3 is 0 Å². The normalized spacial score (nSPS) is 14.4. The van der Waals surface area contributed by atoms with E-state index >= 15 is 0 Å². The van der Waals surface area contributed by atoms with Crippen LogP contribution in [0.1, 0.15) is 5.69 Å². The van der Waals surface area contributed by atoms with Gasteiger partial charge in [-0.2, -0.15) is 9.97 Å². The van der Waals surface area contributed by atoms with E-state index in [1.807, 2.05) is 31.2 Å². The van der Waals surface area contributed by atoms with E-state index in [4.69, 9.17) is 24.2 Å². The number of aromatic amines is 1. The fraction of sp³-hybridized carbons (Fsp3) is 0.368. The van der Waals surface area contributed by atoms with Crippen LogP contribution in [0.25, 0.3) is 11.0 Å². The van der Waals surface area contributed by atoms with E-state index < -0.39 is 0 Å². The van der Waals surface area contributed by atoms with E-state index in [-0.39, 0.29) is 0 Å². The number of ether oxygens (including phenoxy) is 3. The molecular weight excluding hydrogens is 346 g/mol. The van der Waals surface area contributed by atoms with Gasteiger partial charge in [-0.05, 0) is 25.1 Å². The van der Waals surface area contributed by atoms with E-state index in [0.29, 0.717) is 24.9 Å². The molecule has 1 fully saturated rings. The lowest BCUT2D eigenvalue weighted by atomic mass is 10.2. The van der Waals surface area contributed by atoms with Gasteiger partial charge in [0.15, 0.2) is 0 Å². The third-order valence-electron chi connectivity index (χ3n) is 4.56. The second-order valence-electron chi connectivity index (χ2n) is 6.38. The highest BCUT2D eigenvalue weighted by Gasteiger charge is 2.18. The molecule has 0 amide bonds. The molecule has 142 valence electrons. The number of fused-ring (bicyclic) bond motifs is 1. The molecule has 2 N–H and O–H groups in total. The zero-order valence-corrected chi connectivity index (χ0v) is 15.7. The Kier molecular flexibility index (Phi) is 4.72. The molecule has 4 rings (SSSR count). The van der Waals surface area contributed by atoms with Crippen LogP contribution in [0.3, 0.4) is 0 Å². The minimum atomic E-state index is 0.678. The van der Waals surface area contributed by atoms with E-state index in [0.717, 1.165) is 47.1 Å². The fourth-order valence-electron chi connectivity index (χ4n) is 3.17. The second kappa shape index (κ2) is 7.32. The van der Waals surface area contributed by atoms with Gasteiger partial charge in [0.25, 0.3) is 0 Å². The molecule has 1 saturated heterocycles. The highest BCUT2D eigenvalue weighted by atomic mass is 16.5. The summed E-state index contributed by atoms with van der Waals surface area (Å²) >= 11 is 0. The summed E-state index contributed by atoms with van der Waals surface area (Å²) in [6.45, 7) is 4.90. The lowest BCUT2D eigenvalue weighted by molar-refractivity contribution is 0.122. The van der Waals surface area contributed by atoms with Crippen molar-refractivity contribution in [3.8, 4) is 11.5 Å². The third-order valence-corrected chi connectivity index (χ3v) is 4.56. The molecule has 1 aromatic carbocycles. The zero-order chi connectivity index (χ0) is 18.8. The molecule has 2 aromatic heterocycles. The SMILES string of the molecule is COc1ccc(OC)c(Nc2nc(N3CCOCC3)nc3[nH]c(C)cc23)c1. The van der Waals surface area contributed by atoms with Crippen molar-refractivity contribution in [2.45, 2.75) is 6.92 Å². The van der Waals surface area contributed by atoms with Crippen LogP contribution in [0.2, 0.25) is 0 Å². The standard InChI is InChI=1S/C19H23N5O3/c1-12-10-14-17(20-12)22-19(24-6-8-27-9-7-24)23-18(14)21-15-11-13(25-2)4-5-16(15)26-3/h4-5,10-11H,6-9H2,1-3H3,(H2,20,21,22,23). The van der Waals surface area contributed by atoms with Crippen LogP contribution in [-0.2, 0) is 4.74 Å². The van der Waals surface area contributed by atoms with Crippen molar-refractivity contribution < 1.29 is 14.2 Å². The highest BCUT2D eigenvalue weighted by molar-refractivity contribution is 5.91. The van der Waals surface area contributed by atoms with Crippen LogP contribution in [-0.4, -0.2) is 55.5 Å². The lowest BCUT2D eigenvalue weighted by Gasteiger charge is -2.27. The number of benzene rings is 1. The highest BCUT2D eigenvalue weighted by Crippen LogP contribution is 2.34. The summed E-state index contributed by atoms with van der Waals surface area (Å²) in [6, 6.07) is 7.65. The van der Waals surface area contributed by atoms with Gasteiger partial charge in [-0.3, -0.25) is 0 Å². The van der Waals surface area contributed by atoms with E-state index in [1.165, 1.54) is 0 Å². The van der Waals surface area contributed by atoms with Gasteiger partial charge in [0.1, 0.15) is 23.0 Å². The van der Waals surface area contributed by atoms with E-state index in [1.54, 1.807) is 14.2 Å². The van der Waals surface area contributed by atoms with Crippen molar-refractivity contribution >= 4 is 28.5 Å². The van der Waals surface area contributed by atoms with Crippen molar-refractivity contribution in [1.29, 1.82) is 0 Å². The predicted molar refractivity (Wildman–Crippen MR) is 104 cm³/mol. The van der Waals surface area contributed by atoms with E-state index in [9.17, 15) is 0 Å². The first-order valence-corrected chi connectivity index (χ1v) is 8.87. The Morgan fingerprint density at radius 3 is 2.67 bits per heavy atom. The van der Waals surface area contributed by atoms with Crippen molar-refractivity contribution in [3.63, 3.8) is 0 Å². The maximum Gasteiger partial charge on any atom is 0.229 e. The van der Waals surface area contributed by atoms with Gasteiger partial charge in [-0.1, -0.05) is 0 Å². The zero-order valence-electron chi connectivity index (χ0n) is 15.7. The van der Waals surface area contributed by atoms with Crippen LogP contribution in [0.5, 0.6) is 11.5 Å². The topological polar surface area (TPSA) is 84.5 Å². The van der Waals surface area contributed by atoms with Crippen LogP contribution >= 0.6 is 0 Å². The van der Waals surface area contributed by atoms with Gasteiger partial charge in [-0.25, -0.2) is 0 Å². The molecule has 0 radical (unpaired) electrons. The number of hydrogen-bond acceptors (Lipinski definition) is 7.